The molecule has 0 rings (SSSR count). The summed E-state index contributed by atoms with van der Waals surface area (Å²) >= 11 is 0. The molecule has 0 heteroatoms. The maximum Gasteiger partial charge on any atom is -0.0350 e. The number of unbranched alkanes of at least 4 members (excludes halogenated alkanes) is 1. The zero-order valence-electron chi connectivity index (χ0n) is 14.7. The van der Waals surface area contributed by atoms with Crippen molar-refractivity contribution >= 4 is 0 Å². The first kappa shape index (κ1) is 30.3. The van der Waals surface area contributed by atoms with E-state index in [1.807, 2.05) is 59.8 Å². The van der Waals surface area contributed by atoms with E-state index >= 15 is 0 Å². The lowest BCUT2D eigenvalue weighted by atomic mass is 10.3. The molecular formula is C18H40. The predicted molar refractivity (Wildman–Crippen MR) is 93.4 cm³/mol. The fourth-order valence-electron chi connectivity index (χ4n) is 0.484. The van der Waals surface area contributed by atoms with Crippen LogP contribution in [0.5, 0.6) is 0 Å². The Hall–Kier alpha value is -0.780. The van der Waals surface area contributed by atoms with Gasteiger partial charge in [-0.2, -0.15) is 0 Å². The van der Waals surface area contributed by atoms with Gasteiger partial charge in [0.15, 0.2) is 0 Å². The third kappa shape index (κ3) is 113. The fraction of sp³-hybridized carbons (Fsp3) is 0.667. The van der Waals surface area contributed by atoms with Crippen LogP contribution in [0.15, 0.2) is 37.0 Å². The lowest BCUT2D eigenvalue weighted by molar-refractivity contribution is 0.959. The van der Waals surface area contributed by atoms with Crippen molar-refractivity contribution < 1.29 is 0 Å². The van der Waals surface area contributed by atoms with Gasteiger partial charge in [-0.15, -0.1) is 0 Å². The molecule has 0 aromatic rings. The lowest BCUT2D eigenvalue weighted by Crippen LogP contribution is -1.57. The van der Waals surface area contributed by atoms with Gasteiger partial charge in [0, 0.05) is 0 Å². The first-order chi connectivity index (χ1) is 8.83. The van der Waals surface area contributed by atoms with E-state index in [1.165, 1.54) is 19.3 Å². The van der Waals surface area contributed by atoms with Crippen molar-refractivity contribution in [3.63, 3.8) is 0 Å². The monoisotopic (exact) mass is 256 g/mol. The van der Waals surface area contributed by atoms with Crippen molar-refractivity contribution in [3.05, 3.63) is 37.0 Å². The van der Waals surface area contributed by atoms with Crippen LogP contribution in [0.4, 0.5) is 0 Å². The van der Waals surface area contributed by atoms with Crippen molar-refractivity contribution in [2.45, 2.75) is 81.6 Å². The van der Waals surface area contributed by atoms with E-state index < -0.39 is 0 Å². The van der Waals surface area contributed by atoms with Gasteiger partial charge in [0.2, 0.25) is 0 Å². The summed E-state index contributed by atoms with van der Waals surface area (Å²) in [6.45, 7) is 22.0. The second kappa shape index (κ2) is 72.1. The van der Waals surface area contributed by atoms with Crippen LogP contribution in [0.1, 0.15) is 81.6 Å². The van der Waals surface area contributed by atoms with Crippen molar-refractivity contribution in [3.8, 4) is 0 Å². The molecule has 0 spiro atoms. The van der Waals surface area contributed by atoms with E-state index in [2.05, 4.69) is 33.4 Å². The summed E-state index contributed by atoms with van der Waals surface area (Å²) in [4.78, 5) is 0. The first-order valence-electron chi connectivity index (χ1n) is 7.77. The summed E-state index contributed by atoms with van der Waals surface area (Å²) in [6, 6.07) is 0. The molecule has 0 aliphatic carbocycles. The Morgan fingerprint density at radius 3 is 1.39 bits per heavy atom. The molecule has 0 aliphatic rings. The van der Waals surface area contributed by atoms with Crippen LogP contribution in [0.2, 0.25) is 0 Å². The molecule has 0 radical (unpaired) electrons. The maximum absolute atomic E-state index is 3.56. The summed E-state index contributed by atoms with van der Waals surface area (Å²) in [5.41, 5.74) is 0. The highest BCUT2D eigenvalue weighted by Gasteiger charge is 1.67. The largest absolute Gasteiger partial charge is 0.0991 e. The van der Waals surface area contributed by atoms with E-state index in [0.29, 0.717) is 0 Å². The van der Waals surface area contributed by atoms with Crippen molar-refractivity contribution in [1.82, 2.24) is 0 Å². The average Bonchev–Trinajstić information content (AvgIpc) is 2.46. The van der Waals surface area contributed by atoms with Gasteiger partial charge in [0.25, 0.3) is 0 Å². The Morgan fingerprint density at radius 1 is 0.722 bits per heavy atom. The molecule has 0 aromatic heterocycles. The number of hydrogen-bond donors (Lipinski definition) is 0. The molecule has 0 nitrogen and oxygen atoms in total. The van der Waals surface area contributed by atoms with Gasteiger partial charge in [-0.05, 0) is 6.42 Å². The minimum atomic E-state index is 1.17. The second-order valence-corrected chi connectivity index (χ2v) is 2.54. The van der Waals surface area contributed by atoms with E-state index in [-0.39, 0.29) is 0 Å². The Labute approximate surface area is 119 Å². The van der Waals surface area contributed by atoms with Gasteiger partial charge in [-0.25, -0.2) is 0 Å². The van der Waals surface area contributed by atoms with Gasteiger partial charge in [0.1, 0.15) is 0 Å². The molecule has 0 N–H and O–H groups in total. The number of rotatable bonds is 4. The van der Waals surface area contributed by atoms with E-state index in [9.17, 15) is 0 Å². The van der Waals surface area contributed by atoms with Crippen LogP contribution in [0.3, 0.4) is 0 Å². The van der Waals surface area contributed by atoms with Gasteiger partial charge in [-0.1, -0.05) is 112 Å². The SMILES string of the molecule is C=C/C=C\C=C/CCC.CC.CC.CC.CCC. The minimum absolute atomic E-state index is 1.17. The van der Waals surface area contributed by atoms with Gasteiger partial charge >= 0.3 is 0 Å². The highest BCUT2D eigenvalue weighted by Crippen LogP contribution is 1.88. The fourth-order valence-corrected chi connectivity index (χ4v) is 0.484. The summed E-state index contributed by atoms with van der Waals surface area (Å²) < 4.78 is 0. The summed E-state index contributed by atoms with van der Waals surface area (Å²) in [7, 11) is 0. The van der Waals surface area contributed by atoms with E-state index in [4.69, 9.17) is 0 Å². The molecule has 0 heterocycles. The Kier molecular flexibility index (Phi) is 121. The Balaban J connectivity index is -0.0000000524. The van der Waals surface area contributed by atoms with Crippen LogP contribution in [-0.4, -0.2) is 0 Å². The standard InChI is InChI=1S/C9H14.C3H8.3C2H6/c1-3-5-7-9-8-6-4-2;1-3-2;3*1-2/h3,5,7-9H,1,4,6H2,2H3;3H2,1-2H3;3*1-2H3/b7-5-,9-8-;;;;. The smallest absolute Gasteiger partial charge is 0.0350 e. The summed E-state index contributed by atoms with van der Waals surface area (Å²) in [5, 5.41) is 0. The normalized spacial score (nSPS) is 7.61. The molecule has 0 saturated carbocycles. The van der Waals surface area contributed by atoms with Crippen molar-refractivity contribution in [2.75, 3.05) is 0 Å². The van der Waals surface area contributed by atoms with Gasteiger partial charge < -0.3 is 0 Å². The van der Waals surface area contributed by atoms with Gasteiger partial charge in [0.05, 0.1) is 0 Å². The molecule has 0 atom stereocenters. The van der Waals surface area contributed by atoms with E-state index in [1.54, 1.807) is 6.08 Å². The molecule has 0 aromatic carbocycles. The molecule has 18 heavy (non-hydrogen) atoms. The molecule has 112 valence electrons. The quantitative estimate of drug-likeness (QED) is 0.455. The zero-order valence-corrected chi connectivity index (χ0v) is 14.7. The lowest BCUT2D eigenvalue weighted by Gasteiger charge is -1.78. The summed E-state index contributed by atoms with van der Waals surface area (Å²) in [6.07, 6.45) is 13.5. The molecular weight excluding hydrogens is 216 g/mol. The number of hydrogen-bond acceptors (Lipinski definition) is 0. The molecule has 0 fully saturated rings. The summed E-state index contributed by atoms with van der Waals surface area (Å²) in [5.74, 6) is 0. The topological polar surface area (TPSA) is 0 Å². The molecule has 0 unspecified atom stereocenters. The predicted octanol–water partition coefficient (Wildman–Crippen LogP) is 7.58. The zero-order chi connectivity index (χ0) is 15.7. The molecule has 0 aliphatic heterocycles. The van der Waals surface area contributed by atoms with Crippen LogP contribution in [0, 0.1) is 0 Å². The average molecular weight is 257 g/mol. The van der Waals surface area contributed by atoms with Crippen LogP contribution in [-0.2, 0) is 0 Å². The molecule has 0 bridgehead atoms. The van der Waals surface area contributed by atoms with Crippen molar-refractivity contribution in [1.29, 1.82) is 0 Å². The third-order valence-corrected chi connectivity index (χ3v) is 0.950. The molecule has 0 saturated heterocycles. The third-order valence-electron chi connectivity index (χ3n) is 0.950. The second-order valence-electron chi connectivity index (χ2n) is 2.54. The van der Waals surface area contributed by atoms with Crippen LogP contribution < -0.4 is 0 Å². The highest BCUT2D eigenvalue weighted by atomic mass is 13.7. The van der Waals surface area contributed by atoms with Crippen molar-refractivity contribution in [2.24, 2.45) is 0 Å². The first-order valence-corrected chi connectivity index (χ1v) is 7.77. The van der Waals surface area contributed by atoms with Crippen LogP contribution in [0.25, 0.3) is 0 Å². The minimum Gasteiger partial charge on any atom is -0.0991 e. The van der Waals surface area contributed by atoms with Crippen LogP contribution >= 0.6 is 0 Å². The van der Waals surface area contributed by atoms with E-state index in [0.717, 1.165) is 0 Å². The Morgan fingerprint density at radius 2 is 1.11 bits per heavy atom. The van der Waals surface area contributed by atoms with Gasteiger partial charge in [-0.3, -0.25) is 0 Å². The highest BCUT2D eigenvalue weighted by molar-refractivity contribution is 5.08. The number of allylic oxidation sites excluding steroid dienone is 5. The maximum atomic E-state index is 3.56. The molecule has 0 amide bonds. The Bertz CT molecular complexity index is 118.